The summed E-state index contributed by atoms with van der Waals surface area (Å²) in [6.45, 7) is 6.57. The zero-order chi connectivity index (χ0) is 15.9. The summed E-state index contributed by atoms with van der Waals surface area (Å²) in [6.07, 6.45) is 0.531. The number of amides is 1. The molecule has 2 N–H and O–H groups in total. The van der Waals surface area contributed by atoms with Crippen molar-refractivity contribution >= 4 is 11.6 Å². The molecule has 0 atom stereocenters. The molecule has 2 rings (SSSR count). The molecule has 0 bridgehead atoms. The first kappa shape index (κ1) is 16.6. The Morgan fingerprint density at radius 2 is 2.00 bits per heavy atom. The molecule has 1 aliphatic heterocycles. The minimum Gasteiger partial charge on any atom is -0.482 e. The minimum absolute atomic E-state index is 0.0122. The van der Waals surface area contributed by atoms with Crippen LogP contribution in [0.2, 0.25) is 0 Å². The summed E-state index contributed by atoms with van der Waals surface area (Å²) in [5.74, 6) is 0.451. The summed E-state index contributed by atoms with van der Waals surface area (Å²) >= 11 is 0. The predicted molar refractivity (Wildman–Crippen MR) is 83.5 cm³/mol. The molecule has 0 saturated carbocycles. The van der Waals surface area contributed by atoms with Gasteiger partial charge >= 0.3 is 0 Å². The third-order valence-corrected chi connectivity index (χ3v) is 3.60. The van der Waals surface area contributed by atoms with Crippen molar-refractivity contribution in [1.29, 1.82) is 0 Å². The van der Waals surface area contributed by atoms with Crippen LogP contribution < -0.4 is 10.5 Å². The molecule has 6 heteroatoms. The predicted octanol–water partition coefficient (Wildman–Crippen LogP) is 1.95. The van der Waals surface area contributed by atoms with Crippen molar-refractivity contribution in [2.45, 2.75) is 26.6 Å². The molecule has 0 aliphatic carbocycles. The van der Waals surface area contributed by atoms with Crippen molar-refractivity contribution in [2.75, 3.05) is 38.6 Å². The van der Waals surface area contributed by atoms with Crippen LogP contribution in [0.25, 0.3) is 0 Å². The second-order valence-corrected chi connectivity index (χ2v) is 5.08. The SMILES string of the molecule is CCN(CC)C(=O)COc1ccc(C2OCCCO2)cc1N. The Balaban J connectivity index is 1.96. The molecule has 1 amide bonds. The molecular formula is C16H24N2O4. The first-order chi connectivity index (χ1) is 10.7. The van der Waals surface area contributed by atoms with E-state index in [4.69, 9.17) is 19.9 Å². The van der Waals surface area contributed by atoms with Gasteiger partial charge in [0.25, 0.3) is 5.91 Å². The van der Waals surface area contributed by atoms with Crippen molar-refractivity contribution in [2.24, 2.45) is 0 Å². The van der Waals surface area contributed by atoms with Crippen LogP contribution in [0.3, 0.4) is 0 Å². The normalized spacial score (nSPS) is 15.5. The second kappa shape index (κ2) is 8.00. The van der Waals surface area contributed by atoms with Gasteiger partial charge in [-0.15, -0.1) is 0 Å². The van der Waals surface area contributed by atoms with Gasteiger partial charge in [-0.25, -0.2) is 0 Å². The molecule has 0 aromatic heterocycles. The molecule has 1 heterocycles. The average molecular weight is 308 g/mol. The number of hydrogen-bond acceptors (Lipinski definition) is 5. The number of benzene rings is 1. The van der Waals surface area contributed by atoms with Gasteiger partial charge in [0.15, 0.2) is 12.9 Å². The molecule has 0 radical (unpaired) electrons. The fourth-order valence-electron chi connectivity index (χ4n) is 2.33. The van der Waals surface area contributed by atoms with Gasteiger partial charge in [-0.05, 0) is 32.4 Å². The monoisotopic (exact) mass is 308 g/mol. The Hall–Kier alpha value is -1.79. The lowest BCUT2D eigenvalue weighted by molar-refractivity contribution is -0.183. The summed E-state index contributed by atoms with van der Waals surface area (Å²) in [6, 6.07) is 5.37. The lowest BCUT2D eigenvalue weighted by Gasteiger charge is -2.24. The van der Waals surface area contributed by atoms with Gasteiger partial charge in [0, 0.05) is 18.7 Å². The molecule has 22 heavy (non-hydrogen) atoms. The van der Waals surface area contributed by atoms with Gasteiger partial charge in [0.05, 0.1) is 18.9 Å². The zero-order valence-corrected chi connectivity index (χ0v) is 13.2. The minimum atomic E-state index is -0.373. The second-order valence-electron chi connectivity index (χ2n) is 5.08. The first-order valence-corrected chi connectivity index (χ1v) is 7.68. The maximum absolute atomic E-state index is 11.9. The highest BCUT2D eigenvalue weighted by Gasteiger charge is 2.18. The van der Waals surface area contributed by atoms with Gasteiger partial charge in [-0.2, -0.15) is 0 Å². The van der Waals surface area contributed by atoms with E-state index in [0.717, 1.165) is 12.0 Å². The molecule has 1 aromatic carbocycles. The largest absolute Gasteiger partial charge is 0.482 e. The third kappa shape index (κ3) is 4.11. The lowest BCUT2D eigenvalue weighted by atomic mass is 10.1. The molecule has 0 unspecified atom stereocenters. The van der Waals surface area contributed by atoms with E-state index in [1.165, 1.54) is 0 Å². The maximum atomic E-state index is 11.9. The van der Waals surface area contributed by atoms with Crippen molar-refractivity contribution in [3.05, 3.63) is 23.8 Å². The van der Waals surface area contributed by atoms with Gasteiger partial charge < -0.3 is 24.8 Å². The number of carbonyl (C=O) groups is 1. The Labute approximate surface area is 131 Å². The molecule has 1 saturated heterocycles. The van der Waals surface area contributed by atoms with Crippen LogP contribution in [0.4, 0.5) is 5.69 Å². The Morgan fingerprint density at radius 3 is 2.59 bits per heavy atom. The number of nitrogens with two attached hydrogens (primary N) is 1. The molecule has 0 spiro atoms. The number of hydrogen-bond donors (Lipinski definition) is 1. The fraction of sp³-hybridized carbons (Fsp3) is 0.562. The van der Waals surface area contributed by atoms with Crippen LogP contribution in [-0.4, -0.2) is 43.7 Å². The number of nitrogen functional groups attached to an aromatic ring is 1. The van der Waals surface area contributed by atoms with Crippen LogP contribution in [0.5, 0.6) is 5.75 Å². The summed E-state index contributed by atoms with van der Waals surface area (Å²) in [4.78, 5) is 13.6. The highest BCUT2D eigenvalue weighted by Crippen LogP contribution is 2.29. The zero-order valence-electron chi connectivity index (χ0n) is 13.2. The van der Waals surface area contributed by atoms with E-state index in [9.17, 15) is 4.79 Å². The summed E-state index contributed by atoms with van der Waals surface area (Å²) in [5, 5.41) is 0. The quantitative estimate of drug-likeness (QED) is 0.813. The molecule has 1 fully saturated rings. The van der Waals surface area contributed by atoms with Crippen LogP contribution >= 0.6 is 0 Å². The van der Waals surface area contributed by atoms with Crippen molar-refractivity contribution in [3.8, 4) is 5.75 Å². The number of carbonyl (C=O) groups excluding carboxylic acids is 1. The molecule has 6 nitrogen and oxygen atoms in total. The van der Waals surface area contributed by atoms with E-state index in [2.05, 4.69) is 0 Å². The van der Waals surface area contributed by atoms with E-state index in [1.807, 2.05) is 19.9 Å². The van der Waals surface area contributed by atoms with Gasteiger partial charge in [0.2, 0.25) is 0 Å². The summed E-state index contributed by atoms with van der Waals surface area (Å²) in [7, 11) is 0. The van der Waals surface area contributed by atoms with E-state index >= 15 is 0 Å². The maximum Gasteiger partial charge on any atom is 0.260 e. The highest BCUT2D eigenvalue weighted by atomic mass is 16.7. The number of nitrogens with zero attached hydrogens (tertiary/aromatic N) is 1. The Morgan fingerprint density at radius 1 is 1.32 bits per heavy atom. The topological polar surface area (TPSA) is 74.0 Å². The fourth-order valence-corrected chi connectivity index (χ4v) is 2.33. The van der Waals surface area contributed by atoms with Gasteiger partial charge in [-0.1, -0.05) is 6.07 Å². The highest BCUT2D eigenvalue weighted by molar-refractivity contribution is 5.78. The standard InChI is InChI=1S/C16H24N2O4/c1-3-18(4-2)15(19)11-22-14-7-6-12(10-13(14)17)16-20-8-5-9-21-16/h6-7,10,16H,3-5,8-9,11,17H2,1-2H3. The van der Waals surface area contributed by atoms with Crippen molar-refractivity contribution in [3.63, 3.8) is 0 Å². The Bertz CT molecular complexity index is 497. The Kier molecular flexibility index (Phi) is 6.03. The van der Waals surface area contributed by atoms with Crippen molar-refractivity contribution in [1.82, 2.24) is 4.90 Å². The average Bonchev–Trinajstić information content (AvgIpc) is 2.55. The van der Waals surface area contributed by atoms with E-state index < -0.39 is 0 Å². The van der Waals surface area contributed by atoms with E-state index in [0.29, 0.717) is 37.7 Å². The number of anilines is 1. The molecule has 122 valence electrons. The third-order valence-electron chi connectivity index (χ3n) is 3.60. The van der Waals surface area contributed by atoms with Crippen LogP contribution in [0.1, 0.15) is 32.1 Å². The van der Waals surface area contributed by atoms with Gasteiger partial charge in [-0.3, -0.25) is 4.79 Å². The number of rotatable bonds is 6. The smallest absolute Gasteiger partial charge is 0.260 e. The first-order valence-electron chi connectivity index (χ1n) is 7.68. The number of likely N-dealkylation sites (N-methyl/N-ethyl adjacent to an activating group) is 1. The summed E-state index contributed by atoms with van der Waals surface area (Å²) < 4.78 is 16.6. The van der Waals surface area contributed by atoms with Crippen LogP contribution in [0.15, 0.2) is 18.2 Å². The molecule has 1 aliphatic rings. The van der Waals surface area contributed by atoms with Gasteiger partial charge in [0.1, 0.15) is 5.75 Å². The lowest BCUT2D eigenvalue weighted by Crippen LogP contribution is -2.34. The summed E-state index contributed by atoms with van der Waals surface area (Å²) in [5.41, 5.74) is 7.33. The van der Waals surface area contributed by atoms with E-state index in [1.54, 1.807) is 17.0 Å². The van der Waals surface area contributed by atoms with Crippen LogP contribution in [0, 0.1) is 0 Å². The number of ether oxygens (including phenoxy) is 3. The van der Waals surface area contributed by atoms with E-state index in [-0.39, 0.29) is 18.8 Å². The van der Waals surface area contributed by atoms with Crippen LogP contribution in [-0.2, 0) is 14.3 Å². The molecular weight excluding hydrogens is 284 g/mol. The molecule has 1 aromatic rings. The van der Waals surface area contributed by atoms with Crippen molar-refractivity contribution < 1.29 is 19.0 Å².